The number of nitrogens with one attached hydrogen (secondary N) is 1. The van der Waals surface area contributed by atoms with Crippen LogP contribution in [0.2, 0.25) is 5.02 Å². The summed E-state index contributed by atoms with van der Waals surface area (Å²) in [7, 11) is 3.85. The predicted molar refractivity (Wildman–Crippen MR) is 89.6 cm³/mol. The highest BCUT2D eigenvalue weighted by molar-refractivity contribution is 6.31. The molecule has 110 valence electrons. The van der Waals surface area contributed by atoms with Gasteiger partial charge < -0.3 is 10.2 Å². The fourth-order valence-corrected chi connectivity index (χ4v) is 2.25. The second kappa shape index (κ2) is 6.19. The van der Waals surface area contributed by atoms with Gasteiger partial charge in [0.15, 0.2) is 0 Å². The number of halogens is 1. The molecule has 0 aliphatic heterocycles. The molecule has 0 aliphatic carbocycles. The first kappa shape index (κ1) is 15.4. The van der Waals surface area contributed by atoms with E-state index in [0.717, 1.165) is 11.3 Å². The highest BCUT2D eigenvalue weighted by Gasteiger charge is 2.11. The minimum Gasteiger partial charge on any atom is -0.376 e. The molecule has 0 bridgehead atoms. The monoisotopic (exact) mass is 302 g/mol. The summed E-state index contributed by atoms with van der Waals surface area (Å²) < 4.78 is 0. The van der Waals surface area contributed by atoms with Crippen molar-refractivity contribution >= 4 is 28.9 Å². The molecule has 2 aromatic carbocycles. The van der Waals surface area contributed by atoms with E-state index in [1.165, 1.54) is 5.56 Å². The van der Waals surface area contributed by atoms with E-state index >= 15 is 0 Å². The first-order valence-electron chi connectivity index (χ1n) is 6.74. The molecule has 0 aromatic heterocycles. The van der Waals surface area contributed by atoms with E-state index in [4.69, 9.17) is 11.6 Å². The second-order valence-corrected chi connectivity index (χ2v) is 5.75. The zero-order chi connectivity index (χ0) is 15.6. The molecule has 1 N–H and O–H groups in total. The SMILES string of the molecule is Cc1ccc(C(=O)Nc2cc(Cl)ccc2N(C)C)cc1C. The third-order valence-corrected chi connectivity index (χ3v) is 3.69. The Labute approximate surface area is 130 Å². The third kappa shape index (κ3) is 3.56. The Bertz CT molecular complexity index is 680. The van der Waals surface area contributed by atoms with Crippen LogP contribution in [0, 0.1) is 13.8 Å². The fraction of sp³-hybridized carbons (Fsp3) is 0.235. The number of anilines is 2. The van der Waals surface area contributed by atoms with Crippen LogP contribution in [0.15, 0.2) is 36.4 Å². The molecule has 0 atom stereocenters. The number of hydrogen-bond acceptors (Lipinski definition) is 2. The van der Waals surface area contributed by atoms with Crippen molar-refractivity contribution in [3.63, 3.8) is 0 Å². The normalized spacial score (nSPS) is 10.3. The molecule has 1 amide bonds. The minimum absolute atomic E-state index is 0.136. The van der Waals surface area contributed by atoms with Gasteiger partial charge >= 0.3 is 0 Å². The number of rotatable bonds is 3. The van der Waals surface area contributed by atoms with Gasteiger partial charge in [0.05, 0.1) is 11.4 Å². The molecular weight excluding hydrogens is 284 g/mol. The number of carbonyl (C=O) groups excluding carboxylic acids is 1. The number of amides is 1. The van der Waals surface area contributed by atoms with E-state index in [-0.39, 0.29) is 5.91 Å². The molecule has 4 heteroatoms. The van der Waals surface area contributed by atoms with Gasteiger partial charge in [0, 0.05) is 24.7 Å². The predicted octanol–water partition coefficient (Wildman–Crippen LogP) is 4.28. The molecule has 0 saturated heterocycles. The Morgan fingerprint density at radius 3 is 2.38 bits per heavy atom. The number of hydrogen-bond donors (Lipinski definition) is 1. The number of nitrogens with zero attached hydrogens (tertiary/aromatic N) is 1. The Balaban J connectivity index is 2.30. The summed E-state index contributed by atoms with van der Waals surface area (Å²) in [6.45, 7) is 4.02. The van der Waals surface area contributed by atoms with Gasteiger partial charge in [0.1, 0.15) is 0 Å². The van der Waals surface area contributed by atoms with Crippen LogP contribution >= 0.6 is 11.6 Å². The molecule has 0 heterocycles. The number of aryl methyl sites for hydroxylation is 2. The average molecular weight is 303 g/mol. The maximum Gasteiger partial charge on any atom is 0.255 e. The van der Waals surface area contributed by atoms with Crippen molar-refractivity contribution in [2.45, 2.75) is 13.8 Å². The standard InChI is InChI=1S/C17H19ClN2O/c1-11-5-6-13(9-12(11)2)17(21)19-15-10-14(18)7-8-16(15)20(3)4/h5-10H,1-4H3,(H,19,21). The van der Waals surface area contributed by atoms with Gasteiger partial charge in [-0.2, -0.15) is 0 Å². The molecule has 2 aromatic rings. The zero-order valence-corrected chi connectivity index (χ0v) is 13.5. The summed E-state index contributed by atoms with van der Waals surface area (Å²) in [6.07, 6.45) is 0. The Kier molecular flexibility index (Phi) is 4.53. The molecule has 0 aliphatic rings. The van der Waals surface area contributed by atoms with Gasteiger partial charge in [-0.1, -0.05) is 17.7 Å². The van der Waals surface area contributed by atoms with Gasteiger partial charge in [-0.15, -0.1) is 0 Å². The number of carbonyl (C=O) groups is 1. The fourth-order valence-electron chi connectivity index (χ4n) is 2.08. The molecule has 2 rings (SSSR count). The Morgan fingerprint density at radius 1 is 1.05 bits per heavy atom. The maximum absolute atomic E-state index is 12.4. The van der Waals surface area contributed by atoms with Crippen molar-refractivity contribution in [3.05, 3.63) is 58.1 Å². The highest BCUT2D eigenvalue weighted by atomic mass is 35.5. The number of benzene rings is 2. The lowest BCUT2D eigenvalue weighted by atomic mass is 10.1. The van der Waals surface area contributed by atoms with Crippen LogP contribution in [-0.2, 0) is 0 Å². The van der Waals surface area contributed by atoms with E-state index in [0.29, 0.717) is 16.3 Å². The van der Waals surface area contributed by atoms with Crippen LogP contribution in [-0.4, -0.2) is 20.0 Å². The molecule has 0 radical (unpaired) electrons. The lowest BCUT2D eigenvalue weighted by Gasteiger charge is -2.18. The molecule has 0 unspecified atom stereocenters. The quantitative estimate of drug-likeness (QED) is 0.918. The van der Waals surface area contributed by atoms with Gasteiger partial charge in [0.2, 0.25) is 0 Å². The van der Waals surface area contributed by atoms with Crippen molar-refractivity contribution < 1.29 is 4.79 Å². The summed E-state index contributed by atoms with van der Waals surface area (Å²) in [5, 5.41) is 3.52. The van der Waals surface area contributed by atoms with Crippen LogP contribution in [0.1, 0.15) is 21.5 Å². The van der Waals surface area contributed by atoms with Crippen molar-refractivity contribution in [3.8, 4) is 0 Å². The summed E-state index contributed by atoms with van der Waals surface area (Å²) in [6, 6.07) is 11.1. The first-order valence-corrected chi connectivity index (χ1v) is 7.12. The van der Waals surface area contributed by atoms with E-state index in [1.54, 1.807) is 6.07 Å². The van der Waals surface area contributed by atoms with Gasteiger partial charge in [-0.25, -0.2) is 0 Å². The van der Waals surface area contributed by atoms with Gasteiger partial charge in [-0.3, -0.25) is 4.79 Å². The Hall–Kier alpha value is -2.00. The minimum atomic E-state index is -0.136. The maximum atomic E-state index is 12.4. The molecule has 0 spiro atoms. The van der Waals surface area contributed by atoms with Crippen molar-refractivity contribution in [2.24, 2.45) is 0 Å². The smallest absolute Gasteiger partial charge is 0.255 e. The Morgan fingerprint density at radius 2 is 1.76 bits per heavy atom. The summed E-state index contributed by atoms with van der Waals surface area (Å²) in [5.41, 5.74) is 4.53. The van der Waals surface area contributed by atoms with Crippen LogP contribution in [0.3, 0.4) is 0 Å². The molecule has 21 heavy (non-hydrogen) atoms. The second-order valence-electron chi connectivity index (χ2n) is 5.31. The largest absolute Gasteiger partial charge is 0.376 e. The van der Waals surface area contributed by atoms with Crippen LogP contribution in [0.4, 0.5) is 11.4 Å². The van der Waals surface area contributed by atoms with E-state index in [2.05, 4.69) is 5.32 Å². The van der Waals surface area contributed by atoms with Crippen molar-refractivity contribution in [1.29, 1.82) is 0 Å². The van der Waals surface area contributed by atoms with Crippen LogP contribution in [0.25, 0.3) is 0 Å². The first-order chi connectivity index (χ1) is 9.88. The van der Waals surface area contributed by atoms with Crippen LogP contribution < -0.4 is 10.2 Å². The van der Waals surface area contributed by atoms with Gasteiger partial charge in [0.25, 0.3) is 5.91 Å². The van der Waals surface area contributed by atoms with E-state index in [1.807, 2.05) is 63.2 Å². The summed E-state index contributed by atoms with van der Waals surface area (Å²) in [5.74, 6) is -0.136. The molecule has 0 saturated carbocycles. The zero-order valence-electron chi connectivity index (χ0n) is 12.7. The highest BCUT2D eigenvalue weighted by Crippen LogP contribution is 2.28. The molecule has 0 fully saturated rings. The molecular formula is C17H19ClN2O. The van der Waals surface area contributed by atoms with Crippen molar-refractivity contribution in [2.75, 3.05) is 24.3 Å². The van der Waals surface area contributed by atoms with E-state index < -0.39 is 0 Å². The topological polar surface area (TPSA) is 32.3 Å². The average Bonchev–Trinajstić information content (AvgIpc) is 2.41. The van der Waals surface area contributed by atoms with Crippen molar-refractivity contribution in [1.82, 2.24) is 0 Å². The van der Waals surface area contributed by atoms with Gasteiger partial charge in [-0.05, 0) is 55.3 Å². The summed E-state index contributed by atoms with van der Waals surface area (Å²) in [4.78, 5) is 14.3. The lowest BCUT2D eigenvalue weighted by Crippen LogP contribution is -2.17. The summed E-state index contributed by atoms with van der Waals surface area (Å²) >= 11 is 6.03. The van der Waals surface area contributed by atoms with Crippen LogP contribution in [0.5, 0.6) is 0 Å². The third-order valence-electron chi connectivity index (χ3n) is 3.46. The lowest BCUT2D eigenvalue weighted by molar-refractivity contribution is 0.102. The van der Waals surface area contributed by atoms with E-state index in [9.17, 15) is 4.79 Å². The molecule has 3 nitrogen and oxygen atoms in total.